The van der Waals surface area contributed by atoms with Gasteiger partial charge in [0.25, 0.3) is 0 Å². The third-order valence-electron chi connectivity index (χ3n) is 4.77. The van der Waals surface area contributed by atoms with E-state index in [1.54, 1.807) is 60.7 Å². The molecule has 2 N–H and O–H groups in total. The molecule has 0 unspecified atom stereocenters. The number of benzene rings is 3. The third-order valence-corrected chi connectivity index (χ3v) is 4.77. The van der Waals surface area contributed by atoms with Gasteiger partial charge in [-0.1, -0.05) is 36.4 Å². The SMILES string of the molecule is O=C(O)c1cccc(COc2ccc3c(=O)c(-c4ccc(CO)cc4)coc3c2)c1. The average Bonchev–Trinajstić information content (AvgIpc) is 2.78. The summed E-state index contributed by atoms with van der Waals surface area (Å²) < 4.78 is 11.4. The lowest BCUT2D eigenvalue weighted by Gasteiger charge is -2.08. The number of hydrogen-bond acceptors (Lipinski definition) is 5. The molecule has 30 heavy (non-hydrogen) atoms. The van der Waals surface area contributed by atoms with E-state index in [0.29, 0.717) is 27.8 Å². The molecular weight excluding hydrogens is 384 g/mol. The van der Waals surface area contributed by atoms with Crippen LogP contribution < -0.4 is 10.2 Å². The molecule has 150 valence electrons. The summed E-state index contributed by atoms with van der Waals surface area (Å²) >= 11 is 0. The van der Waals surface area contributed by atoms with Crippen LogP contribution in [-0.2, 0) is 13.2 Å². The van der Waals surface area contributed by atoms with Crippen LogP contribution in [0.25, 0.3) is 22.1 Å². The lowest BCUT2D eigenvalue weighted by atomic mass is 10.0. The molecule has 0 aliphatic rings. The normalized spacial score (nSPS) is 10.8. The molecule has 4 rings (SSSR count). The van der Waals surface area contributed by atoms with Gasteiger partial charge in [0.05, 0.1) is 23.1 Å². The van der Waals surface area contributed by atoms with Crippen molar-refractivity contribution in [1.82, 2.24) is 0 Å². The van der Waals surface area contributed by atoms with Gasteiger partial charge in [0.1, 0.15) is 24.2 Å². The van der Waals surface area contributed by atoms with Gasteiger partial charge >= 0.3 is 5.97 Å². The van der Waals surface area contributed by atoms with Gasteiger partial charge in [-0.05, 0) is 41.0 Å². The molecule has 0 saturated heterocycles. The van der Waals surface area contributed by atoms with Crippen LogP contribution in [-0.4, -0.2) is 16.2 Å². The van der Waals surface area contributed by atoms with Crippen LogP contribution in [0.5, 0.6) is 5.75 Å². The van der Waals surface area contributed by atoms with E-state index in [4.69, 9.17) is 19.4 Å². The molecule has 0 amide bonds. The Kier molecular flexibility index (Phi) is 5.32. The number of carboxylic acid groups (broad SMARTS) is 1. The number of aromatic carboxylic acids is 1. The molecule has 0 aliphatic heterocycles. The van der Waals surface area contributed by atoms with Crippen LogP contribution in [0, 0.1) is 0 Å². The summed E-state index contributed by atoms with van der Waals surface area (Å²) in [4.78, 5) is 23.9. The summed E-state index contributed by atoms with van der Waals surface area (Å²) in [5, 5.41) is 18.7. The van der Waals surface area contributed by atoms with Crippen molar-refractivity contribution in [3.8, 4) is 16.9 Å². The molecule has 4 aromatic rings. The van der Waals surface area contributed by atoms with Crippen molar-refractivity contribution in [1.29, 1.82) is 0 Å². The zero-order valence-electron chi connectivity index (χ0n) is 15.9. The molecule has 1 heterocycles. The molecular formula is C24H18O6. The van der Waals surface area contributed by atoms with Crippen molar-refractivity contribution in [3.05, 3.63) is 99.9 Å². The van der Waals surface area contributed by atoms with Crippen LogP contribution in [0.4, 0.5) is 0 Å². The van der Waals surface area contributed by atoms with Gasteiger partial charge in [-0.3, -0.25) is 4.79 Å². The van der Waals surface area contributed by atoms with Crippen molar-refractivity contribution in [2.45, 2.75) is 13.2 Å². The Hall–Kier alpha value is -3.90. The molecule has 0 fully saturated rings. The number of carboxylic acids is 1. The van der Waals surface area contributed by atoms with Gasteiger partial charge in [0.15, 0.2) is 5.43 Å². The molecule has 6 heteroatoms. The van der Waals surface area contributed by atoms with Crippen LogP contribution in [0.3, 0.4) is 0 Å². The number of rotatable bonds is 6. The second-order valence-corrected chi connectivity index (χ2v) is 6.79. The number of fused-ring (bicyclic) bond motifs is 1. The zero-order chi connectivity index (χ0) is 21.1. The van der Waals surface area contributed by atoms with Gasteiger partial charge in [-0.25, -0.2) is 4.79 Å². The Morgan fingerprint density at radius 1 is 0.967 bits per heavy atom. The lowest BCUT2D eigenvalue weighted by Crippen LogP contribution is -2.05. The monoisotopic (exact) mass is 402 g/mol. The molecule has 1 aromatic heterocycles. The third kappa shape index (κ3) is 3.94. The molecule has 0 spiro atoms. The first-order chi connectivity index (χ1) is 14.5. The molecule has 0 atom stereocenters. The van der Waals surface area contributed by atoms with Crippen molar-refractivity contribution in [2.24, 2.45) is 0 Å². The van der Waals surface area contributed by atoms with E-state index in [1.165, 1.54) is 12.3 Å². The maximum absolute atomic E-state index is 12.9. The number of carbonyl (C=O) groups is 1. The number of ether oxygens (including phenoxy) is 1. The van der Waals surface area contributed by atoms with Crippen molar-refractivity contribution >= 4 is 16.9 Å². The van der Waals surface area contributed by atoms with Crippen LogP contribution in [0.2, 0.25) is 0 Å². The largest absolute Gasteiger partial charge is 0.489 e. The minimum absolute atomic E-state index is 0.0595. The number of aliphatic hydroxyl groups is 1. The van der Waals surface area contributed by atoms with Crippen LogP contribution in [0.15, 0.2) is 82.2 Å². The second-order valence-electron chi connectivity index (χ2n) is 6.79. The van der Waals surface area contributed by atoms with Crippen molar-refractivity contribution in [3.63, 3.8) is 0 Å². The summed E-state index contributed by atoms with van der Waals surface area (Å²) in [7, 11) is 0. The highest BCUT2D eigenvalue weighted by Crippen LogP contribution is 2.24. The highest BCUT2D eigenvalue weighted by atomic mass is 16.5. The Labute approximate surface area is 171 Å². The molecule has 0 aliphatic carbocycles. The van der Waals surface area contributed by atoms with Gasteiger partial charge in [0.2, 0.25) is 0 Å². The Bertz CT molecular complexity index is 1270. The molecule has 0 saturated carbocycles. The van der Waals surface area contributed by atoms with Gasteiger partial charge in [-0.2, -0.15) is 0 Å². The smallest absolute Gasteiger partial charge is 0.335 e. The summed E-state index contributed by atoms with van der Waals surface area (Å²) in [6.45, 7) is 0.127. The summed E-state index contributed by atoms with van der Waals surface area (Å²) in [6.07, 6.45) is 1.42. The first-order valence-electron chi connectivity index (χ1n) is 9.26. The number of aliphatic hydroxyl groups excluding tert-OH is 1. The maximum atomic E-state index is 12.9. The molecule has 3 aromatic carbocycles. The zero-order valence-corrected chi connectivity index (χ0v) is 15.9. The topological polar surface area (TPSA) is 97.0 Å². The lowest BCUT2D eigenvalue weighted by molar-refractivity contribution is 0.0696. The quantitative estimate of drug-likeness (QED) is 0.501. The highest BCUT2D eigenvalue weighted by Gasteiger charge is 2.11. The Balaban J connectivity index is 1.58. The molecule has 0 radical (unpaired) electrons. The fraction of sp³-hybridized carbons (Fsp3) is 0.0833. The van der Waals surface area contributed by atoms with Gasteiger partial charge in [-0.15, -0.1) is 0 Å². The van der Waals surface area contributed by atoms with E-state index in [2.05, 4.69) is 0 Å². The second kappa shape index (κ2) is 8.23. The fourth-order valence-electron chi connectivity index (χ4n) is 3.15. The van der Waals surface area contributed by atoms with E-state index < -0.39 is 5.97 Å². The van der Waals surface area contributed by atoms with Crippen LogP contribution >= 0.6 is 0 Å². The van der Waals surface area contributed by atoms with Crippen molar-refractivity contribution < 1.29 is 24.2 Å². The standard InChI is InChI=1S/C24H18O6/c25-12-15-4-6-17(7-5-15)21-14-30-22-11-19(8-9-20(22)23(21)26)29-13-16-2-1-3-18(10-16)24(27)28/h1-11,14,25H,12-13H2,(H,27,28). The minimum atomic E-state index is -0.994. The van der Waals surface area contributed by atoms with E-state index in [1.807, 2.05) is 0 Å². The van der Waals surface area contributed by atoms with E-state index in [0.717, 1.165) is 11.1 Å². The average molecular weight is 402 g/mol. The maximum Gasteiger partial charge on any atom is 0.335 e. The predicted octanol–water partition coefficient (Wildman–Crippen LogP) is 4.23. The fourth-order valence-corrected chi connectivity index (χ4v) is 3.15. The summed E-state index contributed by atoms with van der Waals surface area (Å²) in [5.74, 6) is -0.488. The van der Waals surface area contributed by atoms with E-state index in [-0.39, 0.29) is 24.2 Å². The first kappa shape index (κ1) is 19.4. The molecule has 6 nitrogen and oxygen atoms in total. The Morgan fingerprint density at radius 3 is 2.50 bits per heavy atom. The van der Waals surface area contributed by atoms with Crippen molar-refractivity contribution in [2.75, 3.05) is 0 Å². The van der Waals surface area contributed by atoms with Gasteiger partial charge < -0.3 is 19.4 Å². The first-order valence-corrected chi connectivity index (χ1v) is 9.26. The molecule has 0 bridgehead atoms. The predicted molar refractivity (Wildman–Crippen MR) is 112 cm³/mol. The number of hydrogen-bond donors (Lipinski definition) is 2. The van der Waals surface area contributed by atoms with E-state index in [9.17, 15) is 9.59 Å². The van der Waals surface area contributed by atoms with E-state index >= 15 is 0 Å². The van der Waals surface area contributed by atoms with Gasteiger partial charge in [0, 0.05) is 6.07 Å². The highest BCUT2D eigenvalue weighted by molar-refractivity contribution is 5.87. The van der Waals surface area contributed by atoms with Crippen LogP contribution in [0.1, 0.15) is 21.5 Å². The summed E-state index contributed by atoms with van der Waals surface area (Å²) in [6, 6.07) is 18.5. The summed E-state index contributed by atoms with van der Waals surface area (Å²) in [5.41, 5.74) is 3.06. The Morgan fingerprint density at radius 2 is 1.77 bits per heavy atom. The minimum Gasteiger partial charge on any atom is -0.489 e.